The highest BCUT2D eigenvalue weighted by molar-refractivity contribution is 14.1. The number of fused-ring (bicyclic) bond motifs is 3. The lowest BCUT2D eigenvalue weighted by Gasteiger charge is -2.06. The van der Waals surface area contributed by atoms with Gasteiger partial charge in [-0.1, -0.05) is 22.6 Å². The summed E-state index contributed by atoms with van der Waals surface area (Å²) in [5, 5.41) is 3.62. The third kappa shape index (κ3) is 1.26. The average molecular weight is 326 g/mol. The minimum atomic E-state index is -0.239. The molecule has 1 aliphatic heterocycles. The molecule has 2 aromatic heterocycles. The van der Waals surface area contributed by atoms with E-state index in [-0.39, 0.29) is 5.56 Å². The molecule has 1 aliphatic rings. The van der Waals surface area contributed by atoms with E-state index in [2.05, 4.69) is 37.9 Å². The Morgan fingerprint density at radius 2 is 2.44 bits per heavy atom. The van der Waals surface area contributed by atoms with Crippen molar-refractivity contribution in [2.45, 2.75) is 0 Å². The normalized spacial score (nSPS) is 16.4. The molecule has 6 heteroatoms. The van der Waals surface area contributed by atoms with Crippen molar-refractivity contribution in [3.05, 3.63) is 32.8 Å². The van der Waals surface area contributed by atoms with Crippen molar-refractivity contribution in [1.29, 1.82) is 0 Å². The van der Waals surface area contributed by atoms with Crippen LogP contribution in [0.2, 0.25) is 0 Å². The number of anilines is 1. The van der Waals surface area contributed by atoms with Crippen molar-refractivity contribution >= 4 is 45.3 Å². The van der Waals surface area contributed by atoms with Gasteiger partial charge in [-0.3, -0.25) is 9.36 Å². The highest BCUT2D eigenvalue weighted by Crippen LogP contribution is 2.24. The number of nitrogens with zero attached hydrogens (tertiary/aromatic N) is 3. The second kappa shape index (κ2) is 3.55. The van der Waals surface area contributed by atoms with Crippen LogP contribution in [0.5, 0.6) is 0 Å². The van der Waals surface area contributed by atoms with Crippen molar-refractivity contribution in [2.24, 2.45) is 0 Å². The average Bonchev–Trinajstić information content (AvgIpc) is 2.72. The molecule has 0 fully saturated rings. The molecule has 0 spiro atoms. The van der Waals surface area contributed by atoms with Gasteiger partial charge in [-0.05, 0) is 16.2 Å². The summed E-state index contributed by atoms with van der Waals surface area (Å²) in [6.45, 7) is 0.672. The van der Waals surface area contributed by atoms with Gasteiger partial charge in [0.1, 0.15) is 0 Å². The third-order valence-electron chi connectivity index (χ3n) is 2.49. The van der Waals surface area contributed by atoms with E-state index < -0.39 is 0 Å². The fourth-order valence-corrected chi connectivity index (χ4v) is 2.27. The maximum absolute atomic E-state index is 11.7. The van der Waals surface area contributed by atoms with Crippen LogP contribution in [0, 0.1) is 0 Å². The molecule has 0 saturated heterocycles. The zero-order chi connectivity index (χ0) is 11.1. The van der Waals surface area contributed by atoms with Crippen LogP contribution < -0.4 is 10.9 Å². The maximum atomic E-state index is 11.7. The van der Waals surface area contributed by atoms with Gasteiger partial charge in [0, 0.05) is 6.20 Å². The molecular weight excluding hydrogens is 319 g/mol. The van der Waals surface area contributed by atoms with Crippen molar-refractivity contribution in [3.8, 4) is 0 Å². The minimum absolute atomic E-state index is 0.239. The van der Waals surface area contributed by atoms with Gasteiger partial charge in [0.25, 0.3) is 5.56 Å². The van der Waals surface area contributed by atoms with E-state index in [1.165, 1.54) is 0 Å². The highest BCUT2D eigenvalue weighted by atomic mass is 127. The van der Waals surface area contributed by atoms with Gasteiger partial charge < -0.3 is 5.32 Å². The predicted octanol–water partition coefficient (Wildman–Crippen LogP) is 1.45. The molecule has 3 heterocycles. The molecule has 0 radical (unpaired) electrons. The lowest BCUT2D eigenvalue weighted by atomic mass is 10.3. The Labute approximate surface area is 104 Å². The monoisotopic (exact) mass is 326 g/mol. The van der Waals surface area contributed by atoms with E-state index in [1.807, 2.05) is 8.65 Å². The SMILES string of the molecule is O=c1nc2n(c3ncccc13)/C(=C\I)CN2. The standard InChI is InChI=1S/C10H7IN4O/c11-4-6-5-13-10-14-9(16)7-2-1-3-12-8(7)15(6)10/h1-4H,5H2,(H,13,14,16)/b6-4-. The summed E-state index contributed by atoms with van der Waals surface area (Å²) in [5.74, 6) is 0.569. The summed E-state index contributed by atoms with van der Waals surface area (Å²) in [4.78, 5) is 20.0. The lowest BCUT2D eigenvalue weighted by Crippen LogP contribution is -2.13. The molecule has 5 nitrogen and oxygen atoms in total. The number of rotatable bonds is 0. The first-order valence-corrected chi connectivity index (χ1v) is 5.97. The van der Waals surface area contributed by atoms with Crippen molar-refractivity contribution in [3.63, 3.8) is 0 Å². The molecule has 16 heavy (non-hydrogen) atoms. The largest absolute Gasteiger partial charge is 0.350 e. The number of hydrogen-bond donors (Lipinski definition) is 1. The molecule has 3 rings (SSSR count). The Bertz CT molecular complexity index is 661. The number of pyridine rings is 1. The van der Waals surface area contributed by atoms with Gasteiger partial charge in [-0.15, -0.1) is 0 Å². The Morgan fingerprint density at radius 1 is 1.56 bits per heavy atom. The summed E-state index contributed by atoms with van der Waals surface area (Å²) < 4.78 is 3.84. The van der Waals surface area contributed by atoms with E-state index in [9.17, 15) is 4.79 Å². The number of halogens is 1. The van der Waals surface area contributed by atoms with Crippen LogP contribution in [0.1, 0.15) is 0 Å². The Balaban J connectivity index is 2.52. The fraction of sp³-hybridized carbons (Fsp3) is 0.100. The molecule has 0 aliphatic carbocycles. The molecule has 0 saturated carbocycles. The highest BCUT2D eigenvalue weighted by Gasteiger charge is 2.19. The number of aromatic nitrogens is 3. The molecule has 1 N–H and O–H groups in total. The Hall–Kier alpha value is -1.44. The fourth-order valence-electron chi connectivity index (χ4n) is 1.78. The van der Waals surface area contributed by atoms with Crippen molar-refractivity contribution in [2.75, 3.05) is 11.9 Å². The van der Waals surface area contributed by atoms with E-state index in [1.54, 1.807) is 18.3 Å². The van der Waals surface area contributed by atoms with Crippen molar-refractivity contribution in [1.82, 2.24) is 14.5 Å². The van der Waals surface area contributed by atoms with E-state index in [0.717, 1.165) is 5.70 Å². The van der Waals surface area contributed by atoms with Crippen LogP contribution in [-0.2, 0) is 0 Å². The van der Waals surface area contributed by atoms with Crippen LogP contribution in [0.25, 0.3) is 16.7 Å². The molecule has 0 bridgehead atoms. The lowest BCUT2D eigenvalue weighted by molar-refractivity contribution is 1.07. The van der Waals surface area contributed by atoms with Gasteiger partial charge in [-0.25, -0.2) is 4.98 Å². The summed E-state index contributed by atoms with van der Waals surface area (Å²) >= 11 is 2.17. The summed E-state index contributed by atoms with van der Waals surface area (Å²) in [7, 11) is 0. The minimum Gasteiger partial charge on any atom is -0.350 e. The first kappa shape index (κ1) is 9.76. The summed E-state index contributed by atoms with van der Waals surface area (Å²) in [6.07, 6.45) is 1.68. The van der Waals surface area contributed by atoms with Crippen LogP contribution >= 0.6 is 22.6 Å². The van der Waals surface area contributed by atoms with Crippen LogP contribution in [0.15, 0.2) is 27.2 Å². The molecule has 0 unspecified atom stereocenters. The topological polar surface area (TPSA) is 59.8 Å². The first-order chi connectivity index (χ1) is 7.81. The molecule has 0 amide bonds. The third-order valence-corrected chi connectivity index (χ3v) is 3.21. The zero-order valence-electron chi connectivity index (χ0n) is 8.14. The van der Waals surface area contributed by atoms with E-state index in [4.69, 9.17) is 0 Å². The van der Waals surface area contributed by atoms with Crippen LogP contribution in [0.3, 0.4) is 0 Å². The van der Waals surface area contributed by atoms with Gasteiger partial charge in [-0.2, -0.15) is 4.98 Å². The second-order valence-corrected chi connectivity index (χ2v) is 4.03. The van der Waals surface area contributed by atoms with Gasteiger partial charge in [0.15, 0.2) is 5.65 Å². The quantitative estimate of drug-likeness (QED) is 0.745. The van der Waals surface area contributed by atoms with Gasteiger partial charge >= 0.3 is 0 Å². The molecule has 80 valence electrons. The zero-order valence-corrected chi connectivity index (χ0v) is 10.3. The van der Waals surface area contributed by atoms with Crippen LogP contribution in [0.4, 0.5) is 5.95 Å². The van der Waals surface area contributed by atoms with Gasteiger partial charge in [0.05, 0.1) is 17.6 Å². The summed E-state index contributed by atoms with van der Waals surface area (Å²) in [5.41, 5.74) is 1.47. The van der Waals surface area contributed by atoms with Crippen molar-refractivity contribution < 1.29 is 0 Å². The Morgan fingerprint density at radius 3 is 3.25 bits per heavy atom. The Kier molecular flexibility index (Phi) is 2.16. The van der Waals surface area contributed by atoms with E-state index in [0.29, 0.717) is 23.5 Å². The smallest absolute Gasteiger partial charge is 0.283 e. The van der Waals surface area contributed by atoms with Crippen LogP contribution in [-0.4, -0.2) is 21.1 Å². The van der Waals surface area contributed by atoms with E-state index >= 15 is 0 Å². The van der Waals surface area contributed by atoms with Gasteiger partial charge in [0.2, 0.25) is 5.95 Å². The molecule has 0 atom stereocenters. The first-order valence-electron chi connectivity index (χ1n) is 4.72. The molecular formula is C10H7IN4O. The molecule has 2 aromatic rings. The number of nitrogens with one attached hydrogen (secondary N) is 1. The predicted molar refractivity (Wildman–Crippen MR) is 70.6 cm³/mol. The second-order valence-electron chi connectivity index (χ2n) is 3.40. The number of hydrogen-bond acceptors (Lipinski definition) is 4. The summed E-state index contributed by atoms with van der Waals surface area (Å²) in [6, 6.07) is 3.49. The maximum Gasteiger partial charge on any atom is 0.283 e. The molecule has 0 aromatic carbocycles.